The Kier molecular flexibility index (Phi) is 3.21. The lowest BCUT2D eigenvalue weighted by Gasteiger charge is -2.06. The second-order valence-electron chi connectivity index (χ2n) is 2.64. The first kappa shape index (κ1) is 10.4. The van der Waals surface area contributed by atoms with Gasteiger partial charge in [0.05, 0.1) is 11.0 Å². The van der Waals surface area contributed by atoms with E-state index < -0.39 is 11.0 Å². The van der Waals surface area contributed by atoms with Gasteiger partial charge in [-0.2, -0.15) is 0 Å². The second kappa shape index (κ2) is 4.01. The minimum Gasteiger partial charge on any atom is -0.389 e. The molecule has 1 atom stereocenters. The van der Waals surface area contributed by atoms with Crippen LogP contribution < -0.4 is 0 Å². The van der Waals surface area contributed by atoms with E-state index in [1.54, 1.807) is 13.0 Å². The molecular weight excluding hydrogens is 285 g/mol. The van der Waals surface area contributed by atoms with Crippen LogP contribution in [0.15, 0.2) is 18.2 Å². The third kappa shape index (κ3) is 2.38. The van der Waals surface area contributed by atoms with Gasteiger partial charge in [-0.3, -0.25) is 10.1 Å². The Morgan fingerprint density at radius 3 is 2.69 bits per heavy atom. The van der Waals surface area contributed by atoms with E-state index in [1.165, 1.54) is 12.1 Å². The summed E-state index contributed by atoms with van der Waals surface area (Å²) in [4.78, 5) is 9.94. The molecule has 1 N–H and O–H groups in total. The van der Waals surface area contributed by atoms with Crippen LogP contribution in [-0.2, 0) is 0 Å². The highest BCUT2D eigenvalue weighted by Crippen LogP contribution is 2.24. The van der Waals surface area contributed by atoms with Gasteiger partial charge < -0.3 is 5.11 Å². The third-order valence-electron chi connectivity index (χ3n) is 1.64. The number of hydrogen-bond donors (Lipinski definition) is 1. The number of rotatable bonds is 2. The summed E-state index contributed by atoms with van der Waals surface area (Å²) in [7, 11) is 0. The molecule has 0 aliphatic carbocycles. The molecule has 0 aliphatic heterocycles. The molecule has 13 heavy (non-hydrogen) atoms. The zero-order chi connectivity index (χ0) is 10.0. The van der Waals surface area contributed by atoms with Crippen molar-refractivity contribution in [2.45, 2.75) is 13.0 Å². The van der Waals surface area contributed by atoms with Gasteiger partial charge >= 0.3 is 0 Å². The Morgan fingerprint density at radius 1 is 1.62 bits per heavy atom. The SMILES string of the molecule is C[C@H](O)c1cc([N+](=O)[O-])ccc1I. The first-order valence-corrected chi connectivity index (χ1v) is 4.72. The van der Waals surface area contributed by atoms with Crippen molar-refractivity contribution in [1.82, 2.24) is 0 Å². The molecule has 1 aromatic rings. The number of non-ortho nitro benzene ring substituents is 1. The first-order chi connectivity index (χ1) is 6.02. The van der Waals surface area contributed by atoms with Gasteiger partial charge in [-0.1, -0.05) is 0 Å². The molecule has 0 fully saturated rings. The average molecular weight is 293 g/mol. The molecule has 0 aromatic heterocycles. The summed E-state index contributed by atoms with van der Waals surface area (Å²) in [5, 5.41) is 19.7. The highest BCUT2D eigenvalue weighted by Gasteiger charge is 2.12. The molecule has 5 heteroatoms. The zero-order valence-corrected chi connectivity index (χ0v) is 9.06. The predicted octanol–water partition coefficient (Wildman–Crippen LogP) is 2.25. The maximum Gasteiger partial charge on any atom is 0.269 e. The van der Waals surface area contributed by atoms with E-state index in [0.29, 0.717) is 5.56 Å². The number of nitro groups is 1. The number of hydrogen-bond acceptors (Lipinski definition) is 3. The van der Waals surface area contributed by atoms with Crippen molar-refractivity contribution >= 4 is 28.3 Å². The van der Waals surface area contributed by atoms with Gasteiger partial charge in [0.15, 0.2) is 0 Å². The standard InChI is InChI=1S/C8H8INO3/c1-5(11)7-4-6(10(12)13)2-3-8(7)9/h2-5,11H,1H3/t5-/m0/s1. The van der Waals surface area contributed by atoms with Gasteiger partial charge in [-0.25, -0.2) is 0 Å². The maximum atomic E-state index is 10.4. The lowest BCUT2D eigenvalue weighted by atomic mass is 10.1. The molecule has 0 bridgehead atoms. The second-order valence-corrected chi connectivity index (χ2v) is 3.80. The van der Waals surface area contributed by atoms with Crippen LogP contribution in [0.25, 0.3) is 0 Å². The number of benzene rings is 1. The highest BCUT2D eigenvalue weighted by atomic mass is 127. The molecule has 1 rings (SSSR count). The molecule has 0 saturated carbocycles. The summed E-state index contributed by atoms with van der Waals surface area (Å²) < 4.78 is 0.832. The van der Waals surface area contributed by atoms with Crippen molar-refractivity contribution in [2.24, 2.45) is 0 Å². The number of aliphatic hydroxyl groups excluding tert-OH is 1. The van der Waals surface area contributed by atoms with Gasteiger partial charge in [0.2, 0.25) is 0 Å². The van der Waals surface area contributed by atoms with E-state index in [2.05, 4.69) is 0 Å². The highest BCUT2D eigenvalue weighted by molar-refractivity contribution is 14.1. The molecule has 0 radical (unpaired) electrons. The molecular formula is C8H8INO3. The quantitative estimate of drug-likeness (QED) is 0.517. The van der Waals surface area contributed by atoms with Crippen molar-refractivity contribution < 1.29 is 10.0 Å². The van der Waals surface area contributed by atoms with Crippen LogP contribution >= 0.6 is 22.6 Å². The van der Waals surface area contributed by atoms with Crippen molar-refractivity contribution in [2.75, 3.05) is 0 Å². The fourth-order valence-corrected chi connectivity index (χ4v) is 1.75. The molecule has 0 saturated heterocycles. The topological polar surface area (TPSA) is 63.4 Å². The molecule has 0 aliphatic rings. The average Bonchev–Trinajstić information content (AvgIpc) is 2.04. The van der Waals surface area contributed by atoms with Crippen molar-refractivity contribution in [3.05, 3.63) is 37.4 Å². The van der Waals surface area contributed by atoms with Crippen LogP contribution in [0.1, 0.15) is 18.6 Å². The number of nitro benzene ring substituents is 1. The summed E-state index contributed by atoms with van der Waals surface area (Å²) >= 11 is 2.03. The lowest BCUT2D eigenvalue weighted by molar-refractivity contribution is -0.385. The van der Waals surface area contributed by atoms with Gasteiger partial charge in [-0.15, -0.1) is 0 Å². The molecule has 70 valence electrons. The molecule has 4 nitrogen and oxygen atoms in total. The number of nitrogens with zero attached hydrogens (tertiary/aromatic N) is 1. The van der Waals surface area contributed by atoms with Gasteiger partial charge in [-0.05, 0) is 35.6 Å². The Labute approximate surface area is 88.9 Å². The fraction of sp³-hybridized carbons (Fsp3) is 0.250. The van der Waals surface area contributed by atoms with Crippen LogP contribution in [0.3, 0.4) is 0 Å². The fourth-order valence-electron chi connectivity index (χ4n) is 0.965. The van der Waals surface area contributed by atoms with Crippen LogP contribution in [0, 0.1) is 13.7 Å². The van der Waals surface area contributed by atoms with Crippen molar-refractivity contribution in [1.29, 1.82) is 0 Å². The molecule has 0 heterocycles. The van der Waals surface area contributed by atoms with Crippen LogP contribution in [0.5, 0.6) is 0 Å². The largest absolute Gasteiger partial charge is 0.389 e. The van der Waals surface area contributed by atoms with Crippen molar-refractivity contribution in [3.8, 4) is 0 Å². The lowest BCUT2D eigenvalue weighted by Crippen LogP contribution is -1.97. The molecule has 0 spiro atoms. The van der Waals surface area contributed by atoms with Crippen LogP contribution in [-0.4, -0.2) is 10.0 Å². The summed E-state index contributed by atoms with van der Waals surface area (Å²) in [6.45, 7) is 1.58. The maximum absolute atomic E-state index is 10.4. The first-order valence-electron chi connectivity index (χ1n) is 3.64. The Hall–Kier alpha value is -0.690. The van der Waals surface area contributed by atoms with Gasteiger partial charge in [0.25, 0.3) is 5.69 Å². The summed E-state index contributed by atoms with van der Waals surface area (Å²) in [6, 6.07) is 4.45. The molecule has 0 amide bonds. The monoisotopic (exact) mass is 293 g/mol. The van der Waals surface area contributed by atoms with Crippen LogP contribution in [0.4, 0.5) is 5.69 Å². The zero-order valence-electron chi connectivity index (χ0n) is 6.90. The number of halogens is 1. The smallest absolute Gasteiger partial charge is 0.269 e. The molecule has 0 unspecified atom stereocenters. The van der Waals surface area contributed by atoms with E-state index in [1.807, 2.05) is 22.6 Å². The Bertz CT molecular complexity index is 338. The van der Waals surface area contributed by atoms with Crippen LogP contribution in [0.2, 0.25) is 0 Å². The van der Waals surface area contributed by atoms with Gasteiger partial charge in [0.1, 0.15) is 0 Å². The minimum atomic E-state index is -0.674. The van der Waals surface area contributed by atoms with E-state index in [4.69, 9.17) is 0 Å². The van der Waals surface area contributed by atoms with Gasteiger partial charge in [0, 0.05) is 21.3 Å². The van der Waals surface area contributed by atoms with E-state index in [9.17, 15) is 15.2 Å². The van der Waals surface area contributed by atoms with E-state index in [-0.39, 0.29) is 5.69 Å². The minimum absolute atomic E-state index is 0.0105. The summed E-state index contributed by atoms with van der Waals surface area (Å²) in [5.74, 6) is 0. The number of aliphatic hydroxyl groups is 1. The summed E-state index contributed by atoms with van der Waals surface area (Å²) in [6.07, 6.45) is -0.674. The van der Waals surface area contributed by atoms with E-state index >= 15 is 0 Å². The Balaban J connectivity index is 3.19. The normalized spacial score (nSPS) is 12.5. The van der Waals surface area contributed by atoms with Crippen molar-refractivity contribution in [3.63, 3.8) is 0 Å². The summed E-state index contributed by atoms with van der Waals surface area (Å²) in [5.41, 5.74) is 0.603. The molecule has 1 aromatic carbocycles. The Morgan fingerprint density at radius 2 is 2.23 bits per heavy atom. The van der Waals surface area contributed by atoms with E-state index in [0.717, 1.165) is 3.57 Å². The predicted molar refractivity (Wildman–Crippen MR) is 56.4 cm³/mol. The third-order valence-corrected chi connectivity index (χ3v) is 2.62.